The molecule has 5 heteroatoms. The van der Waals surface area contributed by atoms with Gasteiger partial charge in [0, 0.05) is 17.5 Å². The number of aryl methyl sites for hydroxylation is 1. The van der Waals surface area contributed by atoms with Crippen molar-refractivity contribution in [2.45, 2.75) is 23.3 Å². The van der Waals surface area contributed by atoms with E-state index in [-0.39, 0.29) is 10.6 Å². The molecule has 0 radical (unpaired) electrons. The minimum absolute atomic E-state index is 0.136. The maximum atomic E-state index is 11.1. The van der Waals surface area contributed by atoms with Gasteiger partial charge in [-0.15, -0.1) is 0 Å². The van der Waals surface area contributed by atoms with E-state index >= 15 is 0 Å². The Hall–Kier alpha value is -1.85. The molecule has 2 aromatic carbocycles. The van der Waals surface area contributed by atoms with Crippen molar-refractivity contribution in [1.82, 2.24) is 0 Å². The van der Waals surface area contributed by atoms with Crippen molar-refractivity contribution in [2.24, 2.45) is 5.73 Å². The van der Waals surface area contributed by atoms with E-state index in [2.05, 4.69) is 0 Å². The maximum absolute atomic E-state index is 11.1. The number of hydrogen-bond acceptors (Lipinski definition) is 4. The third kappa shape index (κ3) is 3.13. The molecule has 0 spiro atoms. The molecule has 4 nitrogen and oxygen atoms in total. The average molecular weight is 274 g/mol. The summed E-state index contributed by atoms with van der Waals surface area (Å²) >= 11 is 1.38. The van der Waals surface area contributed by atoms with Crippen molar-refractivity contribution < 1.29 is 4.92 Å². The Morgan fingerprint density at radius 3 is 2.63 bits per heavy atom. The lowest BCUT2D eigenvalue weighted by Crippen LogP contribution is -1.98. The van der Waals surface area contributed by atoms with Crippen molar-refractivity contribution in [3.05, 3.63) is 63.7 Å². The van der Waals surface area contributed by atoms with Gasteiger partial charge in [-0.25, -0.2) is 0 Å². The first kappa shape index (κ1) is 13.6. The van der Waals surface area contributed by atoms with Crippen LogP contribution in [0.25, 0.3) is 0 Å². The summed E-state index contributed by atoms with van der Waals surface area (Å²) in [5, 5.41) is 11.1. The number of nitrogens with zero attached hydrogens (tertiary/aromatic N) is 1. The smallest absolute Gasteiger partial charge is 0.283 e. The summed E-state index contributed by atoms with van der Waals surface area (Å²) in [6, 6.07) is 12.9. The first-order valence-electron chi connectivity index (χ1n) is 5.82. The van der Waals surface area contributed by atoms with Gasteiger partial charge < -0.3 is 5.73 Å². The molecule has 0 saturated heterocycles. The van der Waals surface area contributed by atoms with Crippen LogP contribution in [0, 0.1) is 17.0 Å². The summed E-state index contributed by atoms with van der Waals surface area (Å²) in [7, 11) is 0. The Bertz CT molecular complexity index is 614. The fraction of sp³-hybridized carbons (Fsp3) is 0.143. The van der Waals surface area contributed by atoms with Gasteiger partial charge in [0.25, 0.3) is 5.69 Å². The molecule has 98 valence electrons. The summed E-state index contributed by atoms with van der Waals surface area (Å²) in [5.74, 6) is 0. The van der Waals surface area contributed by atoms with E-state index in [1.54, 1.807) is 12.1 Å². The second-order valence-corrected chi connectivity index (χ2v) is 5.23. The number of nitro benzene ring substituents is 1. The van der Waals surface area contributed by atoms with Crippen LogP contribution in [0.15, 0.2) is 52.3 Å². The highest BCUT2D eigenvalue weighted by molar-refractivity contribution is 7.99. The molecule has 0 aliphatic carbocycles. The standard InChI is InChI=1S/C14H14N2O2S/c1-10-6-7-14(12(8-10)16(17)18)19-13-5-3-2-4-11(13)9-15/h2-8H,9,15H2,1H3. The first-order chi connectivity index (χ1) is 9.11. The van der Waals surface area contributed by atoms with Crippen molar-refractivity contribution in [2.75, 3.05) is 0 Å². The van der Waals surface area contributed by atoms with Crippen LogP contribution >= 0.6 is 11.8 Å². The molecule has 0 bridgehead atoms. The molecule has 19 heavy (non-hydrogen) atoms. The van der Waals surface area contributed by atoms with E-state index in [1.165, 1.54) is 11.8 Å². The van der Waals surface area contributed by atoms with Crippen LogP contribution < -0.4 is 5.73 Å². The molecular weight excluding hydrogens is 260 g/mol. The highest BCUT2D eigenvalue weighted by Crippen LogP contribution is 2.36. The van der Waals surface area contributed by atoms with Crippen molar-refractivity contribution in [3.63, 3.8) is 0 Å². The third-order valence-corrected chi connectivity index (χ3v) is 3.91. The quantitative estimate of drug-likeness (QED) is 0.684. The van der Waals surface area contributed by atoms with Crippen molar-refractivity contribution in [3.8, 4) is 0 Å². The summed E-state index contributed by atoms with van der Waals surface area (Å²) < 4.78 is 0. The van der Waals surface area contributed by atoms with Gasteiger partial charge in [-0.1, -0.05) is 36.0 Å². The zero-order valence-electron chi connectivity index (χ0n) is 10.5. The molecule has 2 rings (SSSR count). The topological polar surface area (TPSA) is 69.2 Å². The Labute approximate surface area is 115 Å². The molecule has 2 aromatic rings. The zero-order valence-corrected chi connectivity index (χ0v) is 11.3. The van der Waals surface area contributed by atoms with Gasteiger partial charge in [0.2, 0.25) is 0 Å². The highest BCUT2D eigenvalue weighted by atomic mass is 32.2. The van der Waals surface area contributed by atoms with Gasteiger partial charge in [0.15, 0.2) is 0 Å². The normalized spacial score (nSPS) is 10.4. The molecule has 0 unspecified atom stereocenters. The van der Waals surface area contributed by atoms with Crippen LogP contribution in [0.5, 0.6) is 0 Å². The SMILES string of the molecule is Cc1ccc(Sc2ccccc2CN)c([N+](=O)[O-])c1. The average Bonchev–Trinajstić information content (AvgIpc) is 2.41. The van der Waals surface area contributed by atoms with Crippen LogP contribution in [0.4, 0.5) is 5.69 Å². The zero-order chi connectivity index (χ0) is 13.8. The Balaban J connectivity index is 2.41. The predicted octanol–water partition coefficient (Wildman–Crippen LogP) is 3.51. The van der Waals surface area contributed by atoms with Gasteiger partial charge in [-0.3, -0.25) is 10.1 Å². The van der Waals surface area contributed by atoms with E-state index in [9.17, 15) is 10.1 Å². The van der Waals surface area contributed by atoms with Crippen LogP contribution in [0.2, 0.25) is 0 Å². The fourth-order valence-electron chi connectivity index (χ4n) is 1.75. The largest absolute Gasteiger partial charge is 0.326 e. The van der Waals surface area contributed by atoms with E-state index in [1.807, 2.05) is 37.3 Å². The maximum Gasteiger partial charge on any atom is 0.283 e. The summed E-state index contributed by atoms with van der Waals surface area (Å²) in [6.07, 6.45) is 0. The number of rotatable bonds is 4. The molecule has 0 saturated carbocycles. The second-order valence-electron chi connectivity index (χ2n) is 4.14. The van der Waals surface area contributed by atoms with E-state index in [4.69, 9.17) is 5.73 Å². The predicted molar refractivity (Wildman–Crippen MR) is 76.3 cm³/mol. The lowest BCUT2D eigenvalue weighted by atomic mass is 10.2. The number of hydrogen-bond donors (Lipinski definition) is 1. The van der Waals surface area contributed by atoms with Crippen LogP contribution in [-0.2, 0) is 6.54 Å². The van der Waals surface area contributed by atoms with Gasteiger partial charge in [0.1, 0.15) is 0 Å². The molecule has 0 aliphatic rings. The van der Waals surface area contributed by atoms with Crippen molar-refractivity contribution in [1.29, 1.82) is 0 Å². The summed E-state index contributed by atoms with van der Waals surface area (Å²) in [4.78, 5) is 12.3. The monoisotopic (exact) mass is 274 g/mol. The van der Waals surface area contributed by atoms with Gasteiger partial charge >= 0.3 is 0 Å². The lowest BCUT2D eigenvalue weighted by molar-refractivity contribution is -0.387. The number of benzene rings is 2. The minimum atomic E-state index is -0.347. The molecule has 0 atom stereocenters. The van der Waals surface area contributed by atoms with Gasteiger partial charge in [-0.2, -0.15) is 0 Å². The summed E-state index contributed by atoms with van der Waals surface area (Å²) in [5.41, 5.74) is 7.68. The van der Waals surface area contributed by atoms with Crippen LogP contribution in [0.3, 0.4) is 0 Å². The molecule has 0 fully saturated rings. The molecule has 0 aliphatic heterocycles. The second kappa shape index (κ2) is 5.86. The Morgan fingerprint density at radius 1 is 1.21 bits per heavy atom. The molecule has 0 heterocycles. The molecular formula is C14H14N2O2S. The van der Waals surface area contributed by atoms with Gasteiger partial charge in [0.05, 0.1) is 9.82 Å². The Kier molecular flexibility index (Phi) is 4.19. The molecule has 0 amide bonds. The van der Waals surface area contributed by atoms with Crippen LogP contribution in [-0.4, -0.2) is 4.92 Å². The van der Waals surface area contributed by atoms with E-state index in [0.29, 0.717) is 11.4 Å². The van der Waals surface area contributed by atoms with Gasteiger partial charge in [-0.05, 0) is 30.2 Å². The minimum Gasteiger partial charge on any atom is -0.326 e. The van der Waals surface area contributed by atoms with Crippen LogP contribution in [0.1, 0.15) is 11.1 Å². The van der Waals surface area contributed by atoms with E-state index in [0.717, 1.165) is 16.0 Å². The summed E-state index contributed by atoms with van der Waals surface area (Å²) in [6.45, 7) is 2.26. The fourth-order valence-corrected chi connectivity index (χ4v) is 2.79. The number of nitrogens with two attached hydrogens (primary N) is 1. The Morgan fingerprint density at radius 2 is 1.95 bits per heavy atom. The third-order valence-electron chi connectivity index (χ3n) is 2.72. The highest BCUT2D eigenvalue weighted by Gasteiger charge is 2.15. The van der Waals surface area contributed by atoms with E-state index < -0.39 is 0 Å². The lowest BCUT2D eigenvalue weighted by Gasteiger charge is -2.08. The van der Waals surface area contributed by atoms with Crippen molar-refractivity contribution >= 4 is 17.4 Å². The molecule has 0 aromatic heterocycles. The number of nitro groups is 1. The molecule has 2 N–H and O–H groups in total. The first-order valence-corrected chi connectivity index (χ1v) is 6.64.